The predicted octanol–water partition coefficient (Wildman–Crippen LogP) is 2.89. The van der Waals surface area contributed by atoms with E-state index in [4.69, 9.17) is 0 Å². The molecule has 16 heavy (non-hydrogen) atoms. The summed E-state index contributed by atoms with van der Waals surface area (Å²) in [4.78, 5) is 2.69. The highest BCUT2D eigenvalue weighted by atomic mass is 15.2. The smallest absolute Gasteiger partial charge is 0.0221 e. The molecule has 0 aromatic heterocycles. The molecule has 0 aromatic carbocycles. The fraction of sp³-hybridized carbons (Fsp3) is 1.00. The van der Waals surface area contributed by atoms with Gasteiger partial charge >= 0.3 is 0 Å². The van der Waals surface area contributed by atoms with Gasteiger partial charge in [-0.25, -0.2) is 0 Å². The summed E-state index contributed by atoms with van der Waals surface area (Å²) in [6, 6.07) is 1.38. The molecule has 2 heteroatoms. The summed E-state index contributed by atoms with van der Waals surface area (Å²) >= 11 is 0. The second-order valence-electron chi connectivity index (χ2n) is 5.27. The van der Waals surface area contributed by atoms with Crippen LogP contribution in [0.5, 0.6) is 0 Å². The minimum absolute atomic E-state index is 0.676. The Morgan fingerprint density at radius 1 is 1.31 bits per heavy atom. The van der Waals surface area contributed by atoms with Crippen molar-refractivity contribution in [1.82, 2.24) is 10.2 Å². The van der Waals surface area contributed by atoms with E-state index in [1.54, 1.807) is 0 Å². The molecule has 1 N–H and O–H groups in total. The van der Waals surface area contributed by atoms with Gasteiger partial charge in [0.05, 0.1) is 0 Å². The SMILES string of the molecule is CCCNC(CC)C(C)N1CCC(CC)C1. The topological polar surface area (TPSA) is 15.3 Å². The molecular weight excluding hydrogens is 196 g/mol. The molecule has 1 rings (SSSR count). The van der Waals surface area contributed by atoms with E-state index in [0.717, 1.165) is 12.5 Å². The zero-order valence-electron chi connectivity index (χ0n) is 11.6. The minimum Gasteiger partial charge on any atom is -0.312 e. The summed E-state index contributed by atoms with van der Waals surface area (Å²) in [5, 5.41) is 3.69. The lowest BCUT2D eigenvalue weighted by Gasteiger charge is -2.32. The third-order valence-corrected chi connectivity index (χ3v) is 4.15. The molecule has 0 bridgehead atoms. The maximum atomic E-state index is 3.69. The van der Waals surface area contributed by atoms with Gasteiger partial charge in [-0.1, -0.05) is 27.2 Å². The van der Waals surface area contributed by atoms with Crippen molar-refractivity contribution in [1.29, 1.82) is 0 Å². The summed E-state index contributed by atoms with van der Waals surface area (Å²) in [5.74, 6) is 0.950. The first-order valence-electron chi connectivity index (χ1n) is 7.20. The fourth-order valence-electron chi connectivity index (χ4n) is 2.81. The molecular formula is C14H30N2. The van der Waals surface area contributed by atoms with Crippen molar-refractivity contribution in [3.8, 4) is 0 Å². The Labute approximate surface area is 102 Å². The molecule has 0 radical (unpaired) electrons. The average molecular weight is 226 g/mol. The first kappa shape index (κ1) is 14.0. The van der Waals surface area contributed by atoms with E-state index < -0.39 is 0 Å². The van der Waals surface area contributed by atoms with Crippen LogP contribution in [0.4, 0.5) is 0 Å². The molecule has 0 amide bonds. The summed E-state index contributed by atoms with van der Waals surface area (Å²) in [7, 11) is 0. The largest absolute Gasteiger partial charge is 0.312 e. The molecule has 1 aliphatic rings. The van der Waals surface area contributed by atoms with E-state index >= 15 is 0 Å². The molecule has 1 heterocycles. The van der Waals surface area contributed by atoms with Gasteiger partial charge in [0.15, 0.2) is 0 Å². The van der Waals surface area contributed by atoms with Crippen LogP contribution in [-0.2, 0) is 0 Å². The van der Waals surface area contributed by atoms with Crippen LogP contribution in [0.15, 0.2) is 0 Å². The number of likely N-dealkylation sites (tertiary alicyclic amines) is 1. The maximum absolute atomic E-state index is 3.69. The first-order valence-corrected chi connectivity index (χ1v) is 7.20. The monoisotopic (exact) mass is 226 g/mol. The van der Waals surface area contributed by atoms with Gasteiger partial charge in [-0.05, 0) is 45.2 Å². The summed E-state index contributed by atoms with van der Waals surface area (Å²) in [6.45, 7) is 13.1. The number of nitrogens with one attached hydrogen (secondary N) is 1. The van der Waals surface area contributed by atoms with Crippen molar-refractivity contribution in [2.45, 2.75) is 65.5 Å². The van der Waals surface area contributed by atoms with Crippen LogP contribution in [0.25, 0.3) is 0 Å². The van der Waals surface area contributed by atoms with Crippen LogP contribution in [0, 0.1) is 5.92 Å². The Balaban J connectivity index is 2.39. The number of rotatable bonds is 7. The molecule has 0 saturated carbocycles. The Morgan fingerprint density at radius 2 is 2.06 bits per heavy atom. The highest BCUT2D eigenvalue weighted by Gasteiger charge is 2.28. The summed E-state index contributed by atoms with van der Waals surface area (Å²) in [5.41, 5.74) is 0. The van der Waals surface area contributed by atoms with Crippen LogP contribution in [0.3, 0.4) is 0 Å². The third kappa shape index (κ3) is 3.74. The Hall–Kier alpha value is -0.0800. The lowest BCUT2D eigenvalue weighted by molar-refractivity contribution is 0.195. The van der Waals surface area contributed by atoms with Crippen molar-refractivity contribution < 1.29 is 0 Å². The zero-order chi connectivity index (χ0) is 12.0. The summed E-state index contributed by atoms with van der Waals surface area (Å²) < 4.78 is 0. The molecule has 0 aliphatic carbocycles. The van der Waals surface area contributed by atoms with E-state index in [-0.39, 0.29) is 0 Å². The van der Waals surface area contributed by atoms with Crippen molar-refractivity contribution in [2.75, 3.05) is 19.6 Å². The van der Waals surface area contributed by atoms with Crippen LogP contribution in [-0.4, -0.2) is 36.6 Å². The molecule has 96 valence electrons. The number of nitrogens with zero attached hydrogens (tertiary/aromatic N) is 1. The fourth-order valence-corrected chi connectivity index (χ4v) is 2.81. The Morgan fingerprint density at radius 3 is 2.56 bits per heavy atom. The van der Waals surface area contributed by atoms with Crippen molar-refractivity contribution in [3.05, 3.63) is 0 Å². The molecule has 1 fully saturated rings. The van der Waals surface area contributed by atoms with Crippen molar-refractivity contribution >= 4 is 0 Å². The number of hydrogen-bond donors (Lipinski definition) is 1. The van der Waals surface area contributed by atoms with Crippen LogP contribution in [0.2, 0.25) is 0 Å². The van der Waals surface area contributed by atoms with E-state index in [0.29, 0.717) is 12.1 Å². The molecule has 3 atom stereocenters. The number of hydrogen-bond acceptors (Lipinski definition) is 2. The summed E-state index contributed by atoms with van der Waals surface area (Å²) in [6.07, 6.45) is 5.24. The first-order chi connectivity index (χ1) is 7.72. The standard InChI is InChI=1S/C14H30N2/c1-5-9-15-14(7-3)12(4)16-10-8-13(6-2)11-16/h12-15H,5-11H2,1-4H3. The van der Waals surface area contributed by atoms with Crippen LogP contribution < -0.4 is 5.32 Å². The molecule has 0 spiro atoms. The van der Waals surface area contributed by atoms with Gasteiger partial charge in [0.2, 0.25) is 0 Å². The van der Waals surface area contributed by atoms with Gasteiger partial charge in [-0.3, -0.25) is 4.90 Å². The Kier molecular flexibility index (Phi) is 6.37. The van der Waals surface area contributed by atoms with Gasteiger partial charge < -0.3 is 5.32 Å². The predicted molar refractivity (Wildman–Crippen MR) is 71.8 cm³/mol. The van der Waals surface area contributed by atoms with E-state index in [2.05, 4.69) is 37.9 Å². The lowest BCUT2D eigenvalue weighted by Crippen LogP contribution is -2.47. The van der Waals surface area contributed by atoms with E-state index in [1.807, 2.05) is 0 Å². The molecule has 1 saturated heterocycles. The molecule has 1 aliphatic heterocycles. The van der Waals surface area contributed by atoms with E-state index in [1.165, 1.54) is 38.8 Å². The second-order valence-corrected chi connectivity index (χ2v) is 5.27. The van der Waals surface area contributed by atoms with Gasteiger partial charge in [-0.15, -0.1) is 0 Å². The van der Waals surface area contributed by atoms with Crippen LogP contribution in [0.1, 0.15) is 53.4 Å². The lowest BCUT2D eigenvalue weighted by atomic mass is 10.0. The van der Waals surface area contributed by atoms with Gasteiger partial charge in [-0.2, -0.15) is 0 Å². The van der Waals surface area contributed by atoms with E-state index in [9.17, 15) is 0 Å². The second kappa shape index (κ2) is 7.29. The minimum atomic E-state index is 0.676. The molecule has 2 nitrogen and oxygen atoms in total. The highest BCUT2D eigenvalue weighted by Crippen LogP contribution is 2.22. The van der Waals surface area contributed by atoms with Crippen molar-refractivity contribution in [3.63, 3.8) is 0 Å². The quantitative estimate of drug-likeness (QED) is 0.718. The maximum Gasteiger partial charge on any atom is 0.0221 e. The van der Waals surface area contributed by atoms with Gasteiger partial charge in [0.1, 0.15) is 0 Å². The highest BCUT2D eigenvalue weighted by molar-refractivity contribution is 4.85. The molecule has 3 unspecified atom stereocenters. The average Bonchev–Trinajstić information content (AvgIpc) is 2.78. The molecule has 0 aromatic rings. The third-order valence-electron chi connectivity index (χ3n) is 4.15. The van der Waals surface area contributed by atoms with Gasteiger partial charge in [0, 0.05) is 18.6 Å². The Bertz CT molecular complexity index is 180. The van der Waals surface area contributed by atoms with Gasteiger partial charge in [0.25, 0.3) is 0 Å². The van der Waals surface area contributed by atoms with Crippen molar-refractivity contribution in [2.24, 2.45) is 5.92 Å². The van der Waals surface area contributed by atoms with Crippen LogP contribution >= 0.6 is 0 Å². The normalized spacial score (nSPS) is 25.9. The zero-order valence-corrected chi connectivity index (χ0v) is 11.6.